The van der Waals surface area contributed by atoms with Gasteiger partial charge < -0.3 is 8.97 Å². The predicted octanol–water partition coefficient (Wildman–Crippen LogP) is 3.70. The number of benzene rings is 1. The maximum absolute atomic E-state index is 13.3. The van der Waals surface area contributed by atoms with Crippen LogP contribution in [0.2, 0.25) is 0 Å². The summed E-state index contributed by atoms with van der Waals surface area (Å²) in [4.78, 5) is 26.7. The van der Waals surface area contributed by atoms with Crippen LogP contribution in [0.1, 0.15) is 11.3 Å². The Morgan fingerprint density at radius 3 is 2.59 bits per heavy atom. The lowest BCUT2D eigenvalue weighted by Gasteiger charge is -2.09. The molecule has 0 amide bonds. The molecule has 0 bridgehead atoms. The number of imidazole rings is 1. The molecule has 6 rings (SSSR count). The number of nitrogens with zero attached hydrogens (tertiary/aromatic N) is 6. The fourth-order valence-corrected chi connectivity index (χ4v) is 4.68. The van der Waals surface area contributed by atoms with Crippen molar-refractivity contribution >= 4 is 28.7 Å². The van der Waals surface area contributed by atoms with Crippen molar-refractivity contribution in [2.45, 2.75) is 12.9 Å². The van der Waals surface area contributed by atoms with Gasteiger partial charge >= 0.3 is 6.71 Å². The lowest BCUT2D eigenvalue weighted by atomic mass is 9.45. The molecule has 0 spiro atoms. The summed E-state index contributed by atoms with van der Waals surface area (Å²) in [7, 11) is 0. The van der Waals surface area contributed by atoms with Crippen molar-refractivity contribution in [1.29, 1.82) is 5.26 Å². The van der Waals surface area contributed by atoms with Crippen LogP contribution in [0.3, 0.4) is 0 Å². The minimum Gasteiger partial charge on any atom is -0.309 e. The molecular formula is C29H21BN6O. The van der Waals surface area contributed by atoms with Gasteiger partial charge in [-0.15, -0.1) is 0 Å². The summed E-state index contributed by atoms with van der Waals surface area (Å²) in [6, 6.07) is 21.5. The van der Waals surface area contributed by atoms with Crippen molar-refractivity contribution in [3.63, 3.8) is 0 Å². The van der Waals surface area contributed by atoms with E-state index in [0.29, 0.717) is 18.3 Å². The van der Waals surface area contributed by atoms with Crippen LogP contribution in [0, 0.1) is 11.2 Å². The van der Waals surface area contributed by atoms with Gasteiger partial charge in [0.25, 0.3) is 5.56 Å². The second kappa shape index (κ2) is 9.55. The second-order valence-electron chi connectivity index (χ2n) is 8.94. The molecule has 6 aromatic rings. The molecule has 176 valence electrons. The largest absolute Gasteiger partial charge is 0.326 e. The molecule has 0 aliphatic rings. The van der Waals surface area contributed by atoms with Gasteiger partial charge in [-0.05, 0) is 47.1 Å². The standard InChI is InChI=1S/C29H21BN6O/c31-20-30(27-8-4-5-12-33-27)14-21-9-10-28-34-23(19-36(28)17-21)18-35-13-11-24-25(22-6-2-1-3-7-22)15-32-16-26(24)29(35)37/h1-13,15-17,19H,14,18H2. The third-order valence-corrected chi connectivity index (χ3v) is 6.52. The zero-order chi connectivity index (χ0) is 25.2. The molecular weight excluding hydrogens is 459 g/mol. The molecule has 0 radical (unpaired) electrons. The summed E-state index contributed by atoms with van der Waals surface area (Å²) >= 11 is 0. The third kappa shape index (κ3) is 4.39. The van der Waals surface area contributed by atoms with Crippen LogP contribution in [0.5, 0.6) is 0 Å². The summed E-state index contributed by atoms with van der Waals surface area (Å²) in [5, 5.41) is 11.1. The van der Waals surface area contributed by atoms with E-state index in [2.05, 4.69) is 15.9 Å². The van der Waals surface area contributed by atoms with Crippen molar-refractivity contribution in [3.05, 3.63) is 126 Å². The van der Waals surface area contributed by atoms with Crippen molar-refractivity contribution in [1.82, 2.24) is 23.9 Å². The Hall–Kier alpha value is -5.03. The number of rotatable bonds is 6. The Morgan fingerprint density at radius 2 is 1.78 bits per heavy atom. The van der Waals surface area contributed by atoms with E-state index in [1.54, 1.807) is 23.2 Å². The summed E-state index contributed by atoms with van der Waals surface area (Å²) < 4.78 is 3.60. The van der Waals surface area contributed by atoms with E-state index in [1.807, 2.05) is 89.7 Å². The number of hydrogen-bond acceptors (Lipinski definition) is 5. The summed E-state index contributed by atoms with van der Waals surface area (Å²) in [5.74, 6) is 2.36. The number of hydrogen-bond donors (Lipinski definition) is 0. The van der Waals surface area contributed by atoms with Gasteiger partial charge in [-0.3, -0.25) is 14.8 Å². The van der Waals surface area contributed by atoms with Crippen molar-refractivity contribution < 1.29 is 0 Å². The van der Waals surface area contributed by atoms with Gasteiger partial charge in [-0.1, -0.05) is 42.5 Å². The Morgan fingerprint density at radius 1 is 0.919 bits per heavy atom. The van der Waals surface area contributed by atoms with E-state index in [1.165, 1.54) is 0 Å². The smallest absolute Gasteiger partial charge is 0.309 e. The first kappa shape index (κ1) is 22.4. The van der Waals surface area contributed by atoms with Crippen LogP contribution in [-0.4, -0.2) is 30.6 Å². The Balaban J connectivity index is 1.29. The van der Waals surface area contributed by atoms with Crippen molar-refractivity contribution in [3.8, 4) is 17.1 Å². The van der Waals surface area contributed by atoms with Gasteiger partial charge in [0.1, 0.15) is 5.65 Å². The highest BCUT2D eigenvalue weighted by Gasteiger charge is 2.19. The van der Waals surface area contributed by atoms with Gasteiger partial charge in [0.05, 0.1) is 17.6 Å². The van der Waals surface area contributed by atoms with E-state index >= 15 is 0 Å². The van der Waals surface area contributed by atoms with E-state index in [4.69, 9.17) is 4.98 Å². The SMILES string of the molecule is N#CB(Cc1ccc2nc(Cn3ccc4c(-c5ccccc5)cncc4c3=O)cn2c1)c1ccccn1. The number of nitriles is 1. The highest BCUT2D eigenvalue weighted by molar-refractivity contribution is 6.78. The maximum atomic E-state index is 13.3. The fraction of sp³-hybridized carbons (Fsp3) is 0.0690. The lowest BCUT2D eigenvalue weighted by Crippen LogP contribution is -2.33. The minimum atomic E-state index is -0.327. The summed E-state index contributed by atoms with van der Waals surface area (Å²) in [5.41, 5.74) is 5.18. The predicted molar refractivity (Wildman–Crippen MR) is 145 cm³/mol. The van der Waals surface area contributed by atoms with Crippen molar-refractivity contribution in [2.24, 2.45) is 0 Å². The van der Waals surface area contributed by atoms with Crippen LogP contribution < -0.4 is 11.2 Å². The van der Waals surface area contributed by atoms with E-state index in [9.17, 15) is 10.1 Å². The third-order valence-electron chi connectivity index (χ3n) is 6.52. The minimum absolute atomic E-state index is 0.104. The maximum Gasteiger partial charge on any atom is 0.326 e. The van der Waals surface area contributed by atoms with Gasteiger partial charge in [-0.2, -0.15) is 0 Å². The highest BCUT2D eigenvalue weighted by Crippen LogP contribution is 2.25. The first-order valence-corrected chi connectivity index (χ1v) is 12.0. The second-order valence-corrected chi connectivity index (χ2v) is 8.94. The molecule has 0 fully saturated rings. The molecule has 0 aliphatic heterocycles. The summed E-state index contributed by atoms with van der Waals surface area (Å²) in [6.45, 7) is 0.0167. The Labute approximate surface area is 213 Å². The molecule has 5 heterocycles. The first-order chi connectivity index (χ1) is 18.2. The molecule has 37 heavy (non-hydrogen) atoms. The average molecular weight is 480 g/mol. The first-order valence-electron chi connectivity index (χ1n) is 12.0. The number of pyridine rings is 4. The van der Waals surface area contributed by atoms with E-state index in [-0.39, 0.29) is 12.3 Å². The van der Waals surface area contributed by atoms with Crippen LogP contribution >= 0.6 is 0 Å². The average Bonchev–Trinajstić information content (AvgIpc) is 3.35. The highest BCUT2D eigenvalue weighted by atomic mass is 16.1. The monoisotopic (exact) mass is 480 g/mol. The zero-order valence-corrected chi connectivity index (χ0v) is 19.9. The summed E-state index contributed by atoms with van der Waals surface area (Å²) in [6.07, 6.45) is 11.4. The van der Waals surface area contributed by atoms with Crippen LogP contribution in [0.4, 0.5) is 0 Å². The number of aromatic nitrogens is 5. The fourth-order valence-electron chi connectivity index (χ4n) is 4.68. The van der Waals surface area contributed by atoms with Crippen LogP contribution in [0.15, 0.2) is 109 Å². The van der Waals surface area contributed by atoms with Crippen LogP contribution in [0.25, 0.3) is 27.5 Å². The molecule has 0 N–H and O–H groups in total. The van der Waals surface area contributed by atoms with Gasteiger partial charge in [0.2, 0.25) is 0 Å². The quantitative estimate of drug-likeness (QED) is 0.339. The van der Waals surface area contributed by atoms with Crippen molar-refractivity contribution in [2.75, 3.05) is 0 Å². The molecule has 0 atom stereocenters. The zero-order valence-electron chi connectivity index (χ0n) is 19.9. The van der Waals surface area contributed by atoms with E-state index in [0.717, 1.165) is 39.0 Å². The molecule has 0 unspecified atom stereocenters. The lowest BCUT2D eigenvalue weighted by molar-refractivity contribution is 0.752. The molecule has 0 saturated heterocycles. The Kier molecular flexibility index (Phi) is 5.79. The molecule has 0 aliphatic carbocycles. The molecule has 0 saturated carbocycles. The molecule has 8 heteroatoms. The molecule has 7 nitrogen and oxygen atoms in total. The van der Waals surface area contributed by atoms with E-state index < -0.39 is 0 Å². The molecule has 5 aromatic heterocycles. The van der Waals surface area contributed by atoms with Gasteiger partial charge in [0, 0.05) is 54.3 Å². The Bertz CT molecular complexity index is 1820. The van der Waals surface area contributed by atoms with Crippen LogP contribution in [-0.2, 0) is 12.9 Å². The topological polar surface area (TPSA) is 88.9 Å². The van der Waals surface area contributed by atoms with Gasteiger partial charge in [-0.25, -0.2) is 10.2 Å². The normalized spacial score (nSPS) is 11.0. The van der Waals surface area contributed by atoms with Gasteiger partial charge in [0.15, 0.2) is 0 Å². The molecule has 1 aromatic carbocycles. The number of fused-ring (bicyclic) bond motifs is 2.